The summed E-state index contributed by atoms with van der Waals surface area (Å²) in [5.74, 6) is 0.0826. The van der Waals surface area contributed by atoms with Crippen molar-refractivity contribution in [1.29, 1.82) is 0 Å². The van der Waals surface area contributed by atoms with Gasteiger partial charge in [0.2, 0.25) is 5.91 Å². The summed E-state index contributed by atoms with van der Waals surface area (Å²) in [7, 11) is 0. The van der Waals surface area contributed by atoms with Crippen molar-refractivity contribution in [1.82, 2.24) is 4.90 Å². The van der Waals surface area contributed by atoms with Crippen molar-refractivity contribution in [2.24, 2.45) is 11.1 Å². The largest absolute Gasteiger partial charge is 0.493 e. The highest BCUT2D eigenvalue weighted by Gasteiger charge is 2.45. The number of carbonyl (C=O) groups is 2. The van der Waals surface area contributed by atoms with Gasteiger partial charge in [0, 0.05) is 18.0 Å². The number of likely N-dealkylation sites (tertiary alicyclic amines) is 1. The smallest absolute Gasteiger partial charge is 0.257 e. The van der Waals surface area contributed by atoms with E-state index in [2.05, 4.69) is 35.7 Å². The molecule has 0 spiro atoms. The number of nitrogens with zero attached hydrogens (tertiary/aromatic N) is 1. The van der Waals surface area contributed by atoms with E-state index in [-0.39, 0.29) is 11.8 Å². The Morgan fingerprint density at radius 1 is 1.10 bits per heavy atom. The van der Waals surface area contributed by atoms with E-state index in [1.165, 1.54) is 4.88 Å². The van der Waals surface area contributed by atoms with Gasteiger partial charge in [0.05, 0.1) is 17.6 Å². The maximum Gasteiger partial charge on any atom is 0.257 e. The fraction of sp³-hybridized carbons (Fsp3) is 0.280. The zero-order valence-electron chi connectivity index (χ0n) is 17.5. The number of thiophene rings is 1. The lowest BCUT2D eigenvalue weighted by atomic mass is 9.80. The molecule has 2 aromatic carbocycles. The van der Waals surface area contributed by atoms with Gasteiger partial charge in [-0.25, -0.2) is 0 Å². The molecular formula is C25H26N2O3S. The van der Waals surface area contributed by atoms with E-state index >= 15 is 0 Å². The Balaban J connectivity index is 1.52. The summed E-state index contributed by atoms with van der Waals surface area (Å²) in [5, 5.41) is 2.05. The number of hydrogen-bond acceptors (Lipinski definition) is 4. The molecule has 1 atom stereocenters. The van der Waals surface area contributed by atoms with Crippen molar-refractivity contribution in [2.45, 2.75) is 19.8 Å². The van der Waals surface area contributed by atoms with Gasteiger partial charge in [-0.2, -0.15) is 0 Å². The van der Waals surface area contributed by atoms with Crippen LogP contribution >= 0.6 is 11.3 Å². The molecule has 5 nitrogen and oxygen atoms in total. The van der Waals surface area contributed by atoms with Crippen LogP contribution in [0, 0.1) is 5.41 Å². The fourth-order valence-electron chi connectivity index (χ4n) is 4.19. The van der Waals surface area contributed by atoms with E-state index in [0.29, 0.717) is 43.9 Å². The molecule has 1 aliphatic heterocycles. The first-order chi connectivity index (χ1) is 15.0. The van der Waals surface area contributed by atoms with Gasteiger partial charge in [0.25, 0.3) is 5.91 Å². The third-order valence-electron chi connectivity index (χ3n) is 5.88. The van der Waals surface area contributed by atoms with Crippen LogP contribution in [0.2, 0.25) is 0 Å². The average Bonchev–Trinajstić information content (AvgIpc) is 3.46. The minimum atomic E-state index is -0.763. The Morgan fingerprint density at radius 3 is 2.55 bits per heavy atom. The van der Waals surface area contributed by atoms with Crippen LogP contribution in [0.5, 0.6) is 5.75 Å². The summed E-state index contributed by atoms with van der Waals surface area (Å²) in [6, 6.07) is 19.6. The van der Waals surface area contributed by atoms with Crippen LogP contribution in [0.25, 0.3) is 10.4 Å². The molecule has 0 bridgehead atoms. The molecule has 0 saturated carbocycles. The molecule has 0 radical (unpaired) electrons. The number of primary amides is 1. The van der Waals surface area contributed by atoms with Gasteiger partial charge in [-0.15, -0.1) is 11.3 Å². The molecule has 1 aliphatic rings. The second kappa shape index (κ2) is 8.94. The van der Waals surface area contributed by atoms with E-state index < -0.39 is 5.41 Å². The number of ether oxygens (including phenoxy) is 1. The van der Waals surface area contributed by atoms with Gasteiger partial charge >= 0.3 is 0 Å². The number of hydrogen-bond donors (Lipinski definition) is 1. The summed E-state index contributed by atoms with van der Waals surface area (Å²) >= 11 is 1.70. The van der Waals surface area contributed by atoms with E-state index in [1.54, 1.807) is 28.4 Å². The molecule has 1 aromatic heterocycles. The van der Waals surface area contributed by atoms with Gasteiger partial charge in [-0.1, -0.05) is 42.5 Å². The third-order valence-corrected chi connectivity index (χ3v) is 6.80. The number of nitrogens with two attached hydrogens (primary N) is 1. The van der Waals surface area contributed by atoms with Gasteiger partial charge in [-0.05, 0) is 54.5 Å². The average molecular weight is 435 g/mol. The van der Waals surface area contributed by atoms with Crippen molar-refractivity contribution in [2.75, 3.05) is 19.7 Å². The molecule has 160 valence electrons. The zero-order valence-corrected chi connectivity index (χ0v) is 18.4. The SMILES string of the molecule is CCOc1ccccc1C(=O)N1CC[C@](Cc2ccc(-c3cccs3)cc2)(C(N)=O)C1. The van der Waals surface area contributed by atoms with E-state index in [0.717, 1.165) is 11.1 Å². The van der Waals surface area contributed by atoms with Crippen LogP contribution in [-0.4, -0.2) is 36.4 Å². The minimum Gasteiger partial charge on any atom is -0.493 e. The molecule has 3 aromatic rings. The molecule has 0 unspecified atom stereocenters. The number of rotatable bonds is 7. The van der Waals surface area contributed by atoms with E-state index in [4.69, 9.17) is 10.5 Å². The van der Waals surface area contributed by atoms with Crippen LogP contribution in [0.1, 0.15) is 29.3 Å². The summed E-state index contributed by atoms with van der Waals surface area (Å²) < 4.78 is 5.62. The van der Waals surface area contributed by atoms with Crippen molar-refractivity contribution in [3.63, 3.8) is 0 Å². The topological polar surface area (TPSA) is 72.6 Å². The number of carbonyl (C=O) groups excluding carboxylic acids is 2. The lowest BCUT2D eigenvalue weighted by molar-refractivity contribution is -0.126. The Labute approximate surface area is 186 Å². The first-order valence-corrected chi connectivity index (χ1v) is 11.3. The standard InChI is InChI=1S/C25H26N2O3S/c1-2-30-21-7-4-3-6-20(21)23(28)27-14-13-25(17-27,24(26)29)16-18-9-11-19(12-10-18)22-8-5-15-31-22/h3-12,15H,2,13-14,16-17H2,1H3,(H2,26,29)/t25-/m1/s1. The van der Waals surface area contributed by atoms with Gasteiger partial charge in [0.15, 0.2) is 0 Å². The highest BCUT2D eigenvalue weighted by atomic mass is 32.1. The summed E-state index contributed by atoms with van der Waals surface area (Å²) in [6.45, 7) is 3.18. The van der Waals surface area contributed by atoms with E-state index in [1.807, 2.05) is 25.1 Å². The molecular weight excluding hydrogens is 408 g/mol. The molecule has 4 rings (SSSR count). The number of para-hydroxylation sites is 1. The predicted molar refractivity (Wildman–Crippen MR) is 123 cm³/mol. The molecule has 2 amide bonds. The van der Waals surface area contributed by atoms with Crippen LogP contribution < -0.4 is 10.5 Å². The normalized spacial score (nSPS) is 18.2. The Bertz CT molecular complexity index is 1060. The predicted octanol–water partition coefficient (Wildman–Crippen LogP) is 4.37. The molecule has 6 heteroatoms. The Hall–Kier alpha value is -3.12. The minimum absolute atomic E-state index is 0.125. The molecule has 31 heavy (non-hydrogen) atoms. The summed E-state index contributed by atoms with van der Waals surface area (Å²) in [5.41, 5.74) is 7.82. The molecule has 2 N–H and O–H groups in total. The summed E-state index contributed by atoms with van der Waals surface area (Å²) in [4.78, 5) is 28.6. The molecule has 1 fully saturated rings. The maximum atomic E-state index is 13.2. The van der Waals surface area contributed by atoms with Crippen LogP contribution in [-0.2, 0) is 11.2 Å². The Kier molecular flexibility index (Phi) is 6.09. The second-order valence-electron chi connectivity index (χ2n) is 7.90. The monoisotopic (exact) mass is 434 g/mol. The van der Waals surface area contributed by atoms with Crippen molar-refractivity contribution >= 4 is 23.2 Å². The number of benzene rings is 2. The van der Waals surface area contributed by atoms with Crippen molar-refractivity contribution in [3.8, 4) is 16.2 Å². The van der Waals surface area contributed by atoms with Crippen LogP contribution in [0.4, 0.5) is 0 Å². The molecule has 1 saturated heterocycles. The molecule has 2 heterocycles. The van der Waals surface area contributed by atoms with Gasteiger partial charge in [-0.3, -0.25) is 9.59 Å². The van der Waals surface area contributed by atoms with E-state index in [9.17, 15) is 9.59 Å². The third kappa shape index (κ3) is 4.35. The van der Waals surface area contributed by atoms with Crippen molar-refractivity contribution < 1.29 is 14.3 Å². The fourth-order valence-corrected chi connectivity index (χ4v) is 4.93. The summed E-state index contributed by atoms with van der Waals surface area (Å²) in [6.07, 6.45) is 1.07. The van der Waals surface area contributed by atoms with Gasteiger partial charge in [0.1, 0.15) is 5.75 Å². The highest BCUT2D eigenvalue weighted by molar-refractivity contribution is 7.13. The zero-order chi connectivity index (χ0) is 21.8. The Morgan fingerprint density at radius 2 is 1.87 bits per heavy atom. The lowest BCUT2D eigenvalue weighted by Crippen LogP contribution is -2.42. The quantitative estimate of drug-likeness (QED) is 0.600. The second-order valence-corrected chi connectivity index (χ2v) is 8.85. The van der Waals surface area contributed by atoms with Gasteiger partial charge < -0.3 is 15.4 Å². The first-order valence-electron chi connectivity index (χ1n) is 10.5. The lowest BCUT2D eigenvalue weighted by Gasteiger charge is -2.26. The van der Waals surface area contributed by atoms with Crippen LogP contribution in [0.3, 0.4) is 0 Å². The first kappa shape index (κ1) is 21.1. The highest BCUT2D eigenvalue weighted by Crippen LogP contribution is 2.36. The van der Waals surface area contributed by atoms with Crippen molar-refractivity contribution in [3.05, 3.63) is 77.2 Å². The van der Waals surface area contributed by atoms with Crippen LogP contribution in [0.15, 0.2) is 66.0 Å². The maximum absolute atomic E-state index is 13.2. The molecule has 0 aliphatic carbocycles. The number of amides is 2.